The molecule has 0 aromatic heterocycles. The fourth-order valence-electron chi connectivity index (χ4n) is 1.70. The molecule has 0 bridgehead atoms. The molecule has 0 radical (unpaired) electrons. The van der Waals surface area contributed by atoms with Crippen LogP contribution >= 0.6 is 0 Å². The third-order valence-electron chi connectivity index (χ3n) is 2.25. The van der Waals surface area contributed by atoms with E-state index in [-0.39, 0.29) is 0 Å². The summed E-state index contributed by atoms with van der Waals surface area (Å²) in [5.74, 6) is 0.843. The lowest BCUT2D eigenvalue weighted by atomic mass is 9.96. The van der Waals surface area contributed by atoms with Gasteiger partial charge in [0.2, 0.25) is 0 Å². The maximum Gasteiger partial charge on any atom is 0.159 e. The number of allylic oxidation sites excluding steroid dienone is 4. The van der Waals surface area contributed by atoms with E-state index in [0.29, 0.717) is 11.7 Å². The molecule has 52 valence electrons. The van der Waals surface area contributed by atoms with Crippen LogP contribution in [0.5, 0.6) is 0 Å². The van der Waals surface area contributed by atoms with Gasteiger partial charge in [-0.15, -0.1) is 0 Å². The van der Waals surface area contributed by atoms with Gasteiger partial charge in [0, 0.05) is 12.3 Å². The second-order valence-corrected chi connectivity index (χ2v) is 2.89. The van der Waals surface area contributed by atoms with Crippen LogP contribution in [0.2, 0.25) is 0 Å². The summed E-state index contributed by atoms with van der Waals surface area (Å²) in [6.45, 7) is 0. The summed E-state index contributed by atoms with van der Waals surface area (Å²) in [6.07, 6.45) is 9.15. The summed E-state index contributed by atoms with van der Waals surface area (Å²) in [5, 5.41) is 0. The molecule has 1 nitrogen and oxygen atoms in total. The Balaban J connectivity index is 2.32. The lowest BCUT2D eigenvalue weighted by Crippen LogP contribution is -2.00. The smallest absolute Gasteiger partial charge is 0.159 e. The summed E-state index contributed by atoms with van der Waals surface area (Å²) in [6, 6.07) is 0. The van der Waals surface area contributed by atoms with Crippen LogP contribution in [0, 0.1) is 5.92 Å². The number of carbonyl (C=O) groups is 1. The molecule has 0 aliphatic heterocycles. The first-order valence-electron chi connectivity index (χ1n) is 3.78. The van der Waals surface area contributed by atoms with Crippen LogP contribution < -0.4 is 0 Å². The molecule has 1 unspecified atom stereocenters. The molecule has 10 heavy (non-hydrogen) atoms. The Morgan fingerprint density at radius 1 is 1.50 bits per heavy atom. The van der Waals surface area contributed by atoms with E-state index in [1.54, 1.807) is 0 Å². The van der Waals surface area contributed by atoms with Gasteiger partial charge in [0.1, 0.15) is 0 Å². The van der Waals surface area contributed by atoms with Gasteiger partial charge in [0.15, 0.2) is 5.78 Å². The van der Waals surface area contributed by atoms with Gasteiger partial charge in [-0.25, -0.2) is 0 Å². The highest BCUT2D eigenvalue weighted by Gasteiger charge is 2.26. The Kier molecular flexibility index (Phi) is 1.23. The third-order valence-corrected chi connectivity index (χ3v) is 2.25. The Morgan fingerprint density at radius 2 is 2.40 bits per heavy atom. The lowest BCUT2D eigenvalue weighted by molar-refractivity contribution is -0.114. The van der Waals surface area contributed by atoms with Crippen LogP contribution in [0.15, 0.2) is 23.8 Å². The van der Waals surface area contributed by atoms with Crippen molar-refractivity contribution < 1.29 is 4.79 Å². The molecule has 1 fully saturated rings. The largest absolute Gasteiger partial charge is 0.295 e. The molecule has 2 rings (SSSR count). The second kappa shape index (κ2) is 2.08. The zero-order valence-electron chi connectivity index (χ0n) is 5.84. The molecule has 0 spiro atoms. The van der Waals surface area contributed by atoms with Crippen molar-refractivity contribution in [2.24, 2.45) is 5.92 Å². The normalized spacial score (nSPS) is 30.2. The van der Waals surface area contributed by atoms with Crippen LogP contribution in [-0.2, 0) is 4.79 Å². The monoisotopic (exact) mass is 134 g/mol. The number of carbonyl (C=O) groups excluding carboxylic acids is 1. The fourth-order valence-corrected chi connectivity index (χ4v) is 1.70. The van der Waals surface area contributed by atoms with Gasteiger partial charge < -0.3 is 0 Å². The molecular formula is C9H10O. The van der Waals surface area contributed by atoms with E-state index in [2.05, 4.69) is 18.2 Å². The van der Waals surface area contributed by atoms with E-state index in [9.17, 15) is 4.79 Å². The van der Waals surface area contributed by atoms with Gasteiger partial charge in [-0.05, 0) is 18.4 Å². The standard InChI is InChI=1S/C9H10O/c10-9-6-5-7-3-1-2-4-8(7)9/h1,3-4,7H,2,5-6H2. The predicted octanol–water partition coefficient (Wildman–Crippen LogP) is 1.85. The molecule has 2 aliphatic carbocycles. The zero-order chi connectivity index (χ0) is 6.97. The molecule has 2 aliphatic rings. The highest BCUT2D eigenvalue weighted by atomic mass is 16.1. The first-order valence-corrected chi connectivity index (χ1v) is 3.78. The Morgan fingerprint density at radius 3 is 3.20 bits per heavy atom. The van der Waals surface area contributed by atoms with Crippen molar-refractivity contribution in [1.29, 1.82) is 0 Å². The minimum absolute atomic E-state index is 0.370. The van der Waals surface area contributed by atoms with E-state index in [4.69, 9.17) is 0 Å². The van der Waals surface area contributed by atoms with E-state index in [0.717, 1.165) is 24.8 Å². The summed E-state index contributed by atoms with van der Waals surface area (Å²) in [7, 11) is 0. The van der Waals surface area contributed by atoms with E-state index in [1.165, 1.54) is 0 Å². The van der Waals surface area contributed by atoms with Crippen LogP contribution in [0.1, 0.15) is 19.3 Å². The average Bonchev–Trinajstić information content (AvgIpc) is 2.34. The van der Waals surface area contributed by atoms with Gasteiger partial charge >= 0.3 is 0 Å². The molecule has 0 aromatic carbocycles. The van der Waals surface area contributed by atoms with Gasteiger partial charge in [0.05, 0.1) is 0 Å². The molecule has 1 atom stereocenters. The fraction of sp³-hybridized carbons (Fsp3) is 0.444. The minimum atomic E-state index is 0.370. The maximum absolute atomic E-state index is 11.1. The third kappa shape index (κ3) is 0.737. The van der Waals surface area contributed by atoms with E-state index in [1.807, 2.05) is 0 Å². The molecule has 1 saturated carbocycles. The highest BCUT2D eigenvalue weighted by molar-refractivity contribution is 5.98. The first kappa shape index (κ1) is 5.90. The number of Topliss-reactive ketones (excluding diaryl/α,β-unsaturated/α-hetero) is 1. The van der Waals surface area contributed by atoms with Crippen LogP contribution in [-0.4, -0.2) is 5.78 Å². The first-order chi connectivity index (χ1) is 4.88. The van der Waals surface area contributed by atoms with Gasteiger partial charge in [-0.2, -0.15) is 0 Å². The number of hydrogen-bond donors (Lipinski definition) is 0. The van der Waals surface area contributed by atoms with Crippen molar-refractivity contribution in [1.82, 2.24) is 0 Å². The molecule has 0 aromatic rings. The quantitative estimate of drug-likeness (QED) is 0.462. The molecule has 0 saturated heterocycles. The lowest BCUT2D eigenvalue weighted by Gasteiger charge is -2.07. The molecule has 0 N–H and O–H groups in total. The number of rotatable bonds is 0. The summed E-state index contributed by atoms with van der Waals surface area (Å²) >= 11 is 0. The summed E-state index contributed by atoms with van der Waals surface area (Å²) in [5.41, 5.74) is 1.07. The van der Waals surface area contributed by atoms with Crippen LogP contribution in [0.3, 0.4) is 0 Å². The Labute approximate surface area is 60.4 Å². The number of hydrogen-bond acceptors (Lipinski definition) is 1. The molecule has 0 amide bonds. The average molecular weight is 134 g/mol. The Hall–Kier alpha value is -0.850. The minimum Gasteiger partial charge on any atom is -0.295 e. The maximum atomic E-state index is 11.1. The number of ketones is 1. The predicted molar refractivity (Wildman–Crippen MR) is 39.6 cm³/mol. The highest BCUT2D eigenvalue weighted by Crippen LogP contribution is 2.31. The van der Waals surface area contributed by atoms with Crippen molar-refractivity contribution in [2.45, 2.75) is 19.3 Å². The molecular weight excluding hydrogens is 124 g/mol. The van der Waals surface area contributed by atoms with Gasteiger partial charge in [-0.3, -0.25) is 4.79 Å². The summed E-state index contributed by atoms with van der Waals surface area (Å²) in [4.78, 5) is 11.1. The van der Waals surface area contributed by atoms with Crippen LogP contribution in [0.4, 0.5) is 0 Å². The van der Waals surface area contributed by atoms with Crippen LogP contribution in [0.25, 0.3) is 0 Å². The van der Waals surface area contributed by atoms with E-state index >= 15 is 0 Å². The van der Waals surface area contributed by atoms with E-state index < -0.39 is 0 Å². The van der Waals surface area contributed by atoms with Crippen molar-refractivity contribution >= 4 is 5.78 Å². The molecule has 0 heterocycles. The van der Waals surface area contributed by atoms with Crippen molar-refractivity contribution in [3.8, 4) is 0 Å². The van der Waals surface area contributed by atoms with Gasteiger partial charge in [0.25, 0.3) is 0 Å². The summed E-state index contributed by atoms with van der Waals surface area (Å²) < 4.78 is 0. The topological polar surface area (TPSA) is 17.1 Å². The molecule has 1 heteroatoms. The van der Waals surface area contributed by atoms with Gasteiger partial charge in [-0.1, -0.05) is 18.2 Å². The zero-order valence-corrected chi connectivity index (χ0v) is 5.84. The SMILES string of the molecule is O=C1CCC2C=CCC=C12. The second-order valence-electron chi connectivity index (χ2n) is 2.89. The van der Waals surface area contributed by atoms with Crippen molar-refractivity contribution in [2.75, 3.05) is 0 Å². The number of fused-ring (bicyclic) bond motifs is 1. The van der Waals surface area contributed by atoms with Crippen molar-refractivity contribution in [3.63, 3.8) is 0 Å². The Bertz CT molecular complexity index is 223. The van der Waals surface area contributed by atoms with Crippen molar-refractivity contribution in [3.05, 3.63) is 23.8 Å².